The Balaban J connectivity index is 2.33. The Bertz CT molecular complexity index is 102. The van der Waals surface area contributed by atoms with Crippen molar-refractivity contribution in [2.75, 3.05) is 0 Å². The van der Waals surface area contributed by atoms with Crippen molar-refractivity contribution >= 4 is 0 Å². The highest BCUT2D eigenvalue weighted by atomic mass is 16.6. The normalized spacial score (nSPS) is 37.9. The summed E-state index contributed by atoms with van der Waals surface area (Å²) < 4.78 is 0. The van der Waals surface area contributed by atoms with Crippen LogP contribution in [0.1, 0.15) is 6.92 Å². The fourth-order valence-electron chi connectivity index (χ4n) is 0.509. The molecule has 0 aromatic carbocycles. The molecule has 0 aromatic rings. The van der Waals surface area contributed by atoms with E-state index in [4.69, 9.17) is 0 Å². The van der Waals surface area contributed by atoms with Crippen molar-refractivity contribution < 1.29 is 4.92 Å². The van der Waals surface area contributed by atoms with Crippen LogP contribution in [0.4, 0.5) is 0 Å². The molecule has 7 heavy (non-hydrogen) atoms. The maximum absolute atomic E-state index is 9.75. The third kappa shape index (κ3) is 0.706. The lowest BCUT2D eigenvalue weighted by Crippen LogP contribution is -2.01. The summed E-state index contributed by atoms with van der Waals surface area (Å²) in [5.74, 6) is 0.218. The van der Waals surface area contributed by atoms with E-state index in [0.717, 1.165) is 0 Å². The van der Waals surface area contributed by atoms with Crippen LogP contribution in [0.15, 0.2) is 0 Å². The minimum atomic E-state index is -0.333. The van der Waals surface area contributed by atoms with Crippen LogP contribution in [0, 0.1) is 22.5 Å². The molecule has 2 unspecified atom stereocenters. The molecular formula is C4H6NO2. The molecule has 1 aliphatic carbocycles. The molecule has 0 N–H and O–H groups in total. The van der Waals surface area contributed by atoms with Crippen molar-refractivity contribution in [2.24, 2.45) is 5.92 Å². The van der Waals surface area contributed by atoms with Crippen LogP contribution in [-0.2, 0) is 0 Å². The van der Waals surface area contributed by atoms with E-state index in [1.165, 1.54) is 0 Å². The summed E-state index contributed by atoms with van der Waals surface area (Å²) in [4.78, 5) is 9.49. The molecule has 0 saturated heterocycles. The van der Waals surface area contributed by atoms with Gasteiger partial charge < -0.3 is 0 Å². The van der Waals surface area contributed by atoms with Crippen molar-refractivity contribution in [1.82, 2.24) is 0 Å². The summed E-state index contributed by atoms with van der Waals surface area (Å²) in [7, 11) is 0. The van der Waals surface area contributed by atoms with Gasteiger partial charge in [-0.05, 0) is 0 Å². The van der Waals surface area contributed by atoms with E-state index in [1.54, 1.807) is 6.42 Å². The molecule has 3 heteroatoms. The highest BCUT2D eigenvalue weighted by Crippen LogP contribution is 2.29. The SMILES string of the molecule is CC1[CH]C1[N+](=O)[O-]. The molecule has 0 spiro atoms. The summed E-state index contributed by atoms with van der Waals surface area (Å²) in [6, 6.07) is -0.333. The monoisotopic (exact) mass is 100 g/mol. The summed E-state index contributed by atoms with van der Waals surface area (Å²) in [5.41, 5.74) is 0. The summed E-state index contributed by atoms with van der Waals surface area (Å²) in [6.07, 6.45) is 1.71. The van der Waals surface area contributed by atoms with Gasteiger partial charge in [0.1, 0.15) is 0 Å². The lowest BCUT2D eigenvalue weighted by molar-refractivity contribution is -0.494. The van der Waals surface area contributed by atoms with Gasteiger partial charge in [-0.25, -0.2) is 0 Å². The van der Waals surface area contributed by atoms with Gasteiger partial charge in [0.2, 0.25) is 6.04 Å². The number of rotatable bonds is 1. The van der Waals surface area contributed by atoms with Gasteiger partial charge in [-0.15, -0.1) is 0 Å². The number of hydrogen-bond donors (Lipinski definition) is 0. The van der Waals surface area contributed by atoms with Crippen molar-refractivity contribution in [2.45, 2.75) is 13.0 Å². The van der Waals surface area contributed by atoms with E-state index < -0.39 is 0 Å². The highest BCUT2D eigenvalue weighted by molar-refractivity contribution is 5.03. The fraction of sp³-hybridized carbons (Fsp3) is 0.750. The largest absolute Gasteiger partial charge is 0.264 e. The van der Waals surface area contributed by atoms with E-state index in [1.807, 2.05) is 6.92 Å². The molecule has 0 heterocycles. The average molecular weight is 100 g/mol. The first-order valence-corrected chi connectivity index (χ1v) is 2.20. The molecule has 0 amide bonds. The van der Waals surface area contributed by atoms with Crippen LogP contribution in [0.25, 0.3) is 0 Å². The second-order valence-corrected chi connectivity index (χ2v) is 1.83. The predicted octanol–water partition coefficient (Wildman–Crippen LogP) is 0.486. The molecule has 0 bridgehead atoms. The third-order valence-electron chi connectivity index (χ3n) is 1.14. The second kappa shape index (κ2) is 1.18. The van der Waals surface area contributed by atoms with E-state index in [9.17, 15) is 10.1 Å². The molecule has 1 radical (unpaired) electrons. The fourth-order valence-corrected chi connectivity index (χ4v) is 0.509. The van der Waals surface area contributed by atoms with Crippen LogP contribution in [0.2, 0.25) is 0 Å². The Kier molecular flexibility index (Phi) is 0.770. The summed E-state index contributed by atoms with van der Waals surface area (Å²) in [6.45, 7) is 1.84. The minimum absolute atomic E-state index is 0.218. The maximum atomic E-state index is 9.75. The molecule has 1 saturated carbocycles. The van der Waals surface area contributed by atoms with Crippen LogP contribution in [-0.4, -0.2) is 11.0 Å². The molecule has 39 valence electrons. The first kappa shape index (κ1) is 4.56. The van der Waals surface area contributed by atoms with Gasteiger partial charge in [-0.3, -0.25) is 10.1 Å². The Morgan fingerprint density at radius 3 is 2.29 bits per heavy atom. The van der Waals surface area contributed by atoms with Crippen LogP contribution in [0.3, 0.4) is 0 Å². The van der Waals surface area contributed by atoms with Gasteiger partial charge in [0.15, 0.2) is 0 Å². The van der Waals surface area contributed by atoms with Crippen LogP contribution < -0.4 is 0 Å². The van der Waals surface area contributed by atoms with Crippen molar-refractivity contribution in [3.8, 4) is 0 Å². The maximum Gasteiger partial charge on any atom is 0.220 e. The van der Waals surface area contributed by atoms with Gasteiger partial charge >= 0.3 is 0 Å². The summed E-state index contributed by atoms with van der Waals surface area (Å²) >= 11 is 0. The van der Waals surface area contributed by atoms with Crippen LogP contribution in [0.5, 0.6) is 0 Å². The van der Waals surface area contributed by atoms with Gasteiger partial charge in [0.05, 0.1) is 0 Å². The van der Waals surface area contributed by atoms with Crippen LogP contribution >= 0.6 is 0 Å². The number of nitrogens with zero attached hydrogens (tertiary/aromatic N) is 1. The number of hydrogen-bond acceptors (Lipinski definition) is 2. The average Bonchev–Trinajstić information content (AvgIpc) is 2.17. The molecule has 1 fully saturated rings. The van der Waals surface area contributed by atoms with Crippen molar-refractivity contribution in [3.05, 3.63) is 16.5 Å². The van der Waals surface area contributed by atoms with E-state index in [-0.39, 0.29) is 16.9 Å². The van der Waals surface area contributed by atoms with Gasteiger partial charge in [-0.1, -0.05) is 6.92 Å². The lowest BCUT2D eigenvalue weighted by atomic mass is 10.5. The molecule has 1 aliphatic rings. The zero-order valence-electron chi connectivity index (χ0n) is 4.00. The highest BCUT2D eigenvalue weighted by Gasteiger charge is 2.44. The molecule has 0 aromatic heterocycles. The Labute approximate surface area is 41.5 Å². The predicted molar refractivity (Wildman–Crippen MR) is 24.2 cm³/mol. The second-order valence-electron chi connectivity index (χ2n) is 1.83. The number of nitro groups is 1. The minimum Gasteiger partial charge on any atom is -0.264 e. The first-order chi connectivity index (χ1) is 3.22. The van der Waals surface area contributed by atoms with Gasteiger partial charge in [0, 0.05) is 17.3 Å². The zero-order valence-corrected chi connectivity index (χ0v) is 4.00. The van der Waals surface area contributed by atoms with E-state index >= 15 is 0 Å². The van der Waals surface area contributed by atoms with Crippen molar-refractivity contribution in [1.29, 1.82) is 0 Å². The van der Waals surface area contributed by atoms with Gasteiger partial charge in [-0.2, -0.15) is 0 Å². The molecular weight excluding hydrogens is 94.0 g/mol. The smallest absolute Gasteiger partial charge is 0.220 e. The topological polar surface area (TPSA) is 43.1 Å². The molecule has 1 rings (SSSR count). The van der Waals surface area contributed by atoms with Gasteiger partial charge in [0.25, 0.3) is 0 Å². The lowest BCUT2D eigenvalue weighted by Gasteiger charge is -1.80. The molecule has 0 aliphatic heterocycles. The Morgan fingerprint density at radius 1 is 1.86 bits per heavy atom. The quantitative estimate of drug-likeness (QED) is 0.355. The van der Waals surface area contributed by atoms with Crippen molar-refractivity contribution in [3.63, 3.8) is 0 Å². The summed E-state index contributed by atoms with van der Waals surface area (Å²) in [5, 5.41) is 9.75. The molecule has 2 atom stereocenters. The first-order valence-electron chi connectivity index (χ1n) is 2.20. The Hall–Kier alpha value is -0.600. The van der Waals surface area contributed by atoms with E-state index in [2.05, 4.69) is 0 Å². The third-order valence-corrected chi connectivity index (χ3v) is 1.14. The zero-order chi connectivity index (χ0) is 5.44. The standard InChI is InChI=1S/C4H6NO2/c1-3-2-4(3)5(6)7/h2-4H,1H3. The van der Waals surface area contributed by atoms with E-state index in [0.29, 0.717) is 0 Å². The molecule has 3 nitrogen and oxygen atoms in total. The Morgan fingerprint density at radius 2 is 2.29 bits per heavy atom.